The summed E-state index contributed by atoms with van der Waals surface area (Å²) >= 11 is 0. The highest BCUT2D eigenvalue weighted by atomic mass is 32.2. The van der Waals surface area contributed by atoms with Crippen LogP contribution in [0.2, 0.25) is 0 Å². The minimum atomic E-state index is -3.48. The monoisotopic (exact) mass is 301 g/mol. The standard InChI is InChI=1S/C13H23N3O3S/c1-10-13(11(2)16(14-10)8-5-9-17)20(18,19)15(3)12-6-4-7-12/h12,17H,4-9H2,1-3H3. The Morgan fingerprint density at radius 2 is 2.05 bits per heavy atom. The molecule has 1 aromatic heterocycles. The van der Waals surface area contributed by atoms with Gasteiger partial charge < -0.3 is 5.11 Å². The van der Waals surface area contributed by atoms with Crippen LogP contribution in [0.4, 0.5) is 0 Å². The lowest BCUT2D eigenvalue weighted by Gasteiger charge is -2.33. The topological polar surface area (TPSA) is 75.4 Å². The summed E-state index contributed by atoms with van der Waals surface area (Å²) in [5.74, 6) is 0. The van der Waals surface area contributed by atoms with E-state index in [-0.39, 0.29) is 12.6 Å². The molecule has 1 aromatic rings. The van der Waals surface area contributed by atoms with E-state index in [0.29, 0.717) is 29.2 Å². The van der Waals surface area contributed by atoms with E-state index in [1.165, 1.54) is 4.31 Å². The zero-order valence-corrected chi connectivity index (χ0v) is 13.2. The first-order valence-electron chi connectivity index (χ1n) is 7.02. The average molecular weight is 301 g/mol. The summed E-state index contributed by atoms with van der Waals surface area (Å²) in [7, 11) is -1.82. The molecule has 0 bridgehead atoms. The second-order valence-electron chi connectivity index (χ2n) is 5.41. The fraction of sp³-hybridized carbons (Fsp3) is 0.769. The molecule has 1 aliphatic carbocycles. The van der Waals surface area contributed by atoms with E-state index in [4.69, 9.17) is 5.11 Å². The van der Waals surface area contributed by atoms with Crippen LogP contribution in [0.25, 0.3) is 0 Å². The van der Waals surface area contributed by atoms with Gasteiger partial charge in [-0.1, -0.05) is 6.42 Å². The number of aliphatic hydroxyl groups is 1. The third kappa shape index (κ3) is 2.62. The van der Waals surface area contributed by atoms with Gasteiger partial charge in [0.15, 0.2) is 0 Å². The molecule has 0 amide bonds. The summed E-state index contributed by atoms with van der Waals surface area (Å²) in [5, 5.41) is 13.2. The van der Waals surface area contributed by atoms with Gasteiger partial charge in [-0.25, -0.2) is 8.42 Å². The lowest BCUT2D eigenvalue weighted by molar-refractivity contribution is 0.249. The fourth-order valence-electron chi connectivity index (χ4n) is 2.58. The highest BCUT2D eigenvalue weighted by molar-refractivity contribution is 7.89. The molecule has 2 rings (SSSR count). The molecule has 0 spiro atoms. The molecule has 1 saturated carbocycles. The molecule has 1 heterocycles. The fourth-order valence-corrected chi connectivity index (χ4v) is 4.37. The van der Waals surface area contributed by atoms with Crippen LogP contribution in [0.1, 0.15) is 37.1 Å². The van der Waals surface area contributed by atoms with E-state index in [0.717, 1.165) is 19.3 Å². The first-order valence-corrected chi connectivity index (χ1v) is 8.46. The first kappa shape index (κ1) is 15.5. The Bertz CT molecular complexity index is 576. The summed E-state index contributed by atoms with van der Waals surface area (Å²) in [6.45, 7) is 4.11. The molecule has 114 valence electrons. The number of hydrogen-bond donors (Lipinski definition) is 1. The third-order valence-electron chi connectivity index (χ3n) is 4.07. The SMILES string of the molecule is Cc1nn(CCCO)c(C)c1S(=O)(=O)N(C)C1CCC1. The molecule has 1 aliphatic rings. The van der Waals surface area contributed by atoms with Crippen LogP contribution in [0.3, 0.4) is 0 Å². The predicted octanol–water partition coefficient (Wildman–Crippen LogP) is 1.06. The first-order chi connectivity index (χ1) is 9.39. The van der Waals surface area contributed by atoms with Crippen LogP contribution < -0.4 is 0 Å². The number of sulfonamides is 1. The lowest BCUT2D eigenvalue weighted by atomic mass is 9.94. The minimum absolute atomic E-state index is 0.0718. The number of rotatable bonds is 6. The third-order valence-corrected chi connectivity index (χ3v) is 6.23. The molecular formula is C13H23N3O3S. The summed E-state index contributed by atoms with van der Waals surface area (Å²) < 4.78 is 28.6. The molecular weight excluding hydrogens is 278 g/mol. The van der Waals surface area contributed by atoms with Crippen molar-refractivity contribution in [3.63, 3.8) is 0 Å². The zero-order valence-electron chi connectivity index (χ0n) is 12.3. The minimum Gasteiger partial charge on any atom is -0.396 e. The maximum Gasteiger partial charge on any atom is 0.246 e. The number of hydrogen-bond acceptors (Lipinski definition) is 4. The molecule has 1 fully saturated rings. The van der Waals surface area contributed by atoms with Crippen LogP contribution in [-0.4, -0.2) is 47.3 Å². The van der Waals surface area contributed by atoms with Crippen molar-refractivity contribution in [2.75, 3.05) is 13.7 Å². The van der Waals surface area contributed by atoms with Gasteiger partial charge in [-0.3, -0.25) is 4.68 Å². The van der Waals surface area contributed by atoms with Crippen LogP contribution in [0.5, 0.6) is 0 Å². The smallest absolute Gasteiger partial charge is 0.246 e. The Hall–Kier alpha value is -0.920. The van der Waals surface area contributed by atoms with Crippen molar-refractivity contribution >= 4 is 10.0 Å². The zero-order chi connectivity index (χ0) is 14.9. The molecule has 0 aromatic carbocycles. The molecule has 0 aliphatic heterocycles. The molecule has 20 heavy (non-hydrogen) atoms. The molecule has 7 heteroatoms. The second kappa shape index (κ2) is 5.83. The number of aliphatic hydroxyl groups excluding tert-OH is 1. The Kier molecular flexibility index (Phi) is 4.51. The maximum atomic E-state index is 12.7. The summed E-state index contributed by atoms with van der Waals surface area (Å²) in [4.78, 5) is 0.324. The highest BCUT2D eigenvalue weighted by Crippen LogP contribution is 2.30. The molecule has 0 atom stereocenters. The van der Waals surface area contributed by atoms with Gasteiger partial charge in [0.1, 0.15) is 4.90 Å². The highest BCUT2D eigenvalue weighted by Gasteiger charge is 2.35. The normalized spacial score (nSPS) is 16.6. The van der Waals surface area contributed by atoms with Gasteiger partial charge in [0.25, 0.3) is 0 Å². The van der Waals surface area contributed by atoms with E-state index >= 15 is 0 Å². The molecule has 0 radical (unpaired) electrons. The summed E-state index contributed by atoms with van der Waals surface area (Å²) in [6.07, 6.45) is 3.54. The molecule has 6 nitrogen and oxygen atoms in total. The predicted molar refractivity (Wildman–Crippen MR) is 76.0 cm³/mol. The Morgan fingerprint density at radius 1 is 1.40 bits per heavy atom. The van der Waals surface area contributed by atoms with Crippen molar-refractivity contribution in [1.29, 1.82) is 0 Å². The molecule has 0 unspecified atom stereocenters. The van der Waals surface area contributed by atoms with Crippen LogP contribution in [0.15, 0.2) is 4.90 Å². The van der Waals surface area contributed by atoms with Crippen molar-refractivity contribution in [3.8, 4) is 0 Å². The Labute approximate surface area is 120 Å². The summed E-state index contributed by atoms with van der Waals surface area (Å²) in [5.41, 5.74) is 1.19. The Balaban J connectivity index is 2.33. The Morgan fingerprint density at radius 3 is 2.55 bits per heavy atom. The average Bonchev–Trinajstić information content (AvgIpc) is 2.59. The van der Waals surface area contributed by atoms with E-state index in [1.807, 2.05) is 0 Å². The van der Waals surface area contributed by atoms with Crippen LogP contribution in [0, 0.1) is 13.8 Å². The lowest BCUT2D eigenvalue weighted by Crippen LogP contribution is -2.41. The second-order valence-corrected chi connectivity index (χ2v) is 7.34. The van der Waals surface area contributed by atoms with Crippen molar-refractivity contribution in [3.05, 3.63) is 11.4 Å². The maximum absolute atomic E-state index is 12.7. The molecule has 1 N–H and O–H groups in total. The molecule has 0 saturated heterocycles. The van der Waals surface area contributed by atoms with Crippen LogP contribution in [-0.2, 0) is 16.6 Å². The van der Waals surface area contributed by atoms with Gasteiger partial charge in [0, 0.05) is 26.2 Å². The van der Waals surface area contributed by atoms with E-state index in [2.05, 4.69) is 5.10 Å². The van der Waals surface area contributed by atoms with Gasteiger partial charge in [-0.2, -0.15) is 9.40 Å². The van der Waals surface area contributed by atoms with Crippen molar-refractivity contribution in [2.45, 2.75) is 57.0 Å². The van der Waals surface area contributed by atoms with E-state index in [1.54, 1.807) is 25.6 Å². The van der Waals surface area contributed by atoms with Gasteiger partial charge in [0.05, 0.1) is 11.4 Å². The number of aromatic nitrogens is 2. The van der Waals surface area contributed by atoms with E-state index in [9.17, 15) is 8.42 Å². The van der Waals surface area contributed by atoms with Crippen molar-refractivity contribution < 1.29 is 13.5 Å². The van der Waals surface area contributed by atoms with Gasteiger partial charge in [0.2, 0.25) is 10.0 Å². The van der Waals surface area contributed by atoms with Crippen LogP contribution >= 0.6 is 0 Å². The van der Waals surface area contributed by atoms with Crippen molar-refractivity contribution in [2.24, 2.45) is 0 Å². The number of nitrogens with zero attached hydrogens (tertiary/aromatic N) is 3. The van der Waals surface area contributed by atoms with Gasteiger partial charge >= 0.3 is 0 Å². The van der Waals surface area contributed by atoms with Crippen molar-refractivity contribution in [1.82, 2.24) is 14.1 Å². The number of aryl methyl sites for hydroxylation is 2. The van der Waals surface area contributed by atoms with Gasteiger partial charge in [-0.15, -0.1) is 0 Å². The largest absolute Gasteiger partial charge is 0.396 e. The summed E-state index contributed by atoms with van der Waals surface area (Å²) in [6, 6.07) is 0.125. The quantitative estimate of drug-likeness (QED) is 0.852. The van der Waals surface area contributed by atoms with E-state index < -0.39 is 10.0 Å². The van der Waals surface area contributed by atoms with Gasteiger partial charge in [-0.05, 0) is 33.1 Å².